The average molecular weight is 608 g/mol. The molecule has 0 aromatic heterocycles. The highest BCUT2D eigenvalue weighted by molar-refractivity contribution is 6.74. The Balaban J connectivity index is 1.83. The van der Waals surface area contributed by atoms with Crippen molar-refractivity contribution in [1.82, 2.24) is 4.90 Å². The number of likely N-dealkylation sites (tertiary alicyclic amines) is 1. The normalized spacial score (nSPS) is 25.1. The highest BCUT2D eigenvalue weighted by Gasteiger charge is 2.59. The Bertz CT molecular complexity index is 1260. The van der Waals surface area contributed by atoms with Gasteiger partial charge in [0.05, 0.1) is 23.7 Å². The van der Waals surface area contributed by atoms with Crippen molar-refractivity contribution in [2.45, 2.75) is 122 Å². The maximum absolute atomic E-state index is 15.1. The van der Waals surface area contributed by atoms with Crippen molar-refractivity contribution in [3.63, 3.8) is 0 Å². The van der Waals surface area contributed by atoms with E-state index in [4.69, 9.17) is 8.85 Å². The summed E-state index contributed by atoms with van der Waals surface area (Å²) in [5.74, 6) is 0.0995. The zero-order valence-electron chi connectivity index (χ0n) is 27.6. The van der Waals surface area contributed by atoms with Crippen molar-refractivity contribution >= 4 is 28.8 Å². The van der Waals surface area contributed by atoms with E-state index in [-0.39, 0.29) is 34.2 Å². The fraction of sp³-hybridized carbons (Fsp3) is 0.600. The van der Waals surface area contributed by atoms with Gasteiger partial charge in [-0.2, -0.15) is 0 Å². The van der Waals surface area contributed by atoms with Crippen LogP contribution in [0.5, 0.6) is 0 Å². The predicted octanol–water partition coefficient (Wildman–Crippen LogP) is 8.12. The molecule has 42 heavy (non-hydrogen) atoms. The van der Waals surface area contributed by atoms with Crippen molar-refractivity contribution in [3.8, 4) is 0 Å². The lowest BCUT2D eigenvalue weighted by Crippen LogP contribution is -2.50. The van der Waals surface area contributed by atoms with Crippen molar-refractivity contribution in [2.24, 2.45) is 5.41 Å². The van der Waals surface area contributed by atoms with Crippen LogP contribution in [0.1, 0.15) is 77.1 Å². The van der Waals surface area contributed by atoms with E-state index in [1.165, 1.54) is 11.1 Å². The first-order chi connectivity index (χ1) is 19.4. The van der Waals surface area contributed by atoms with Crippen molar-refractivity contribution in [1.29, 1.82) is 0 Å². The zero-order valence-corrected chi connectivity index (χ0v) is 29.6. The molecule has 2 aromatic rings. The van der Waals surface area contributed by atoms with E-state index < -0.39 is 22.0 Å². The Labute approximate surface area is 256 Å². The van der Waals surface area contributed by atoms with Crippen LogP contribution in [0.3, 0.4) is 0 Å². The molecule has 1 saturated heterocycles. The topological polar surface area (TPSA) is 55.8 Å². The molecule has 0 N–H and O–H groups in total. The number of rotatable bonds is 10. The summed E-state index contributed by atoms with van der Waals surface area (Å²) in [4.78, 5) is 29.0. The average Bonchev–Trinajstić information content (AvgIpc) is 3.36. The largest absolute Gasteiger partial charge is 0.411 e. The number of aldehydes is 1. The van der Waals surface area contributed by atoms with Crippen LogP contribution in [0.25, 0.3) is 0 Å². The molecule has 4 atom stereocenters. The van der Waals surface area contributed by atoms with E-state index in [1.54, 1.807) is 0 Å². The van der Waals surface area contributed by atoms with Crippen LogP contribution in [0.15, 0.2) is 54.6 Å². The molecule has 1 fully saturated rings. The minimum atomic E-state index is -2.26. The van der Waals surface area contributed by atoms with E-state index in [0.29, 0.717) is 25.8 Å². The van der Waals surface area contributed by atoms with Crippen LogP contribution >= 0.6 is 0 Å². The fourth-order valence-corrected chi connectivity index (χ4v) is 8.86. The molecule has 5 nitrogen and oxygen atoms in total. The number of fused-ring (bicyclic) bond motifs is 1. The molecule has 2 aliphatic rings. The molecule has 1 heterocycles. The molecule has 2 aromatic carbocycles. The Morgan fingerprint density at radius 3 is 2.05 bits per heavy atom. The molecule has 0 bridgehead atoms. The summed E-state index contributed by atoms with van der Waals surface area (Å²) in [7, 11) is -4.39. The van der Waals surface area contributed by atoms with Crippen LogP contribution in [0.2, 0.25) is 36.3 Å². The van der Waals surface area contributed by atoms with E-state index in [2.05, 4.69) is 109 Å². The first-order valence-electron chi connectivity index (χ1n) is 15.7. The summed E-state index contributed by atoms with van der Waals surface area (Å²) in [6.07, 6.45) is 2.69. The summed E-state index contributed by atoms with van der Waals surface area (Å²) in [6.45, 7) is 23.2. The fourth-order valence-electron chi connectivity index (χ4n) is 6.17. The van der Waals surface area contributed by atoms with Gasteiger partial charge in [-0.05, 0) is 65.8 Å². The van der Waals surface area contributed by atoms with Gasteiger partial charge < -0.3 is 18.5 Å². The first-order valence-corrected chi connectivity index (χ1v) is 21.5. The van der Waals surface area contributed by atoms with Gasteiger partial charge in [0.2, 0.25) is 5.91 Å². The van der Waals surface area contributed by atoms with Gasteiger partial charge in [0.1, 0.15) is 6.29 Å². The summed E-state index contributed by atoms with van der Waals surface area (Å²) >= 11 is 0. The Kier molecular flexibility index (Phi) is 9.22. The molecule has 1 aliphatic heterocycles. The van der Waals surface area contributed by atoms with Gasteiger partial charge >= 0.3 is 0 Å². The summed E-state index contributed by atoms with van der Waals surface area (Å²) in [5.41, 5.74) is 2.72. The van der Waals surface area contributed by atoms with Gasteiger partial charge in [0, 0.05) is 19.4 Å². The van der Waals surface area contributed by atoms with E-state index >= 15 is 4.79 Å². The Morgan fingerprint density at radius 2 is 1.45 bits per heavy atom. The third-order valence-corrected chi connectivity index (χ3v) is 19.7. The standard InChI is InChI=1S/C35H53NO4Si2/c1-33(2,3)41(7,8)39-29-23-27-19-14-15-20-28(27)31(29)36-25-30(40-42(9,10)34(4,5)6)35(32(36)38,21-16-22-37)24-26-17-12-11-13-18-26/h11-15,17-20,22,29-31H,16,21,23-25H2,1-10H3/t29-,30-,31+,35+/m1/s1. The molecule has 1 aliphatic carbocycles. The molecule has 4 rings (SSSR count). The van der Waals surface area contributed by atoms with Gasteiger partial charge in [-0.1, -0.05) is 96.1 Å². The van der Waals surface area contributed by atoms with Gasteiger partial charge in [-0.15, -0.1) is 0 Å². The first kappa shape index (κ1) is 32.8. The minimum Gasteiger partial charge on any atom is -0.411 e. The summed E-state index contributed by atoms with van der Waals surface area (Å²) in [6, 6.07) is 18.6. The van der Waals surface area contributed by atoms with Crippen molar-refractivity contribution in [3.05, 3.63) is 71.3 Å². The lowest BCUT2D eigenvalue weighted by molar-refractivity contribution is -0.141. The second-order valence-electron chi connectivity index (χ2n) is 15.6. The lowest BCUT2D eigenvalue weighted by atomic mass is 9.74. The molecule has 230 valence electrons. The van der Waals surface area contributed by atoms with Crippen LogP contribution in [0.4, 0.5) is 0 Å². The minimum absolute atomic E-state index is 0.0133. The second-order valence-corrected chi connectivity index (χ2v) is 25.1. The van der Waals surface area contributed by atoms with Gasteiger partial charge in [0.15, 0.2) is 16.6 Å². The van der Waals surface area contributed by atoms with Crippen LogP contribution in [0, 0.1) is 5.41 Å². The van der Waals surface area contributed by atoms with E-state index in [0.717, 1.165) is 18.3 Å². The number of benzene rings is 2. The smallest absolute Gasteiger partial charge is 0.232 e. The summed E-state index contributed by atoms with van der Waals surface area (Å²) < 4.78 is 14.3. The number of carbonyl (C=O) groups excluding carboxylic acids is 2. The molecule has 0 radical (unpaired) electrons. The number of nitrogens with zero attached hydrogens (tertiary/aromatic N) is 1. The molecule has 0 spiro atoms. The highest BCUT2D eigenvalue weighted by Crippen LogP contribution is 2.51. The molecular formula is C35H53NO4Si2. The molecule has 0 saturated carbocycles. The third kappa shape index (κ3) is 6.26. The van der Waals surface area contributed by atoms with Gasteiger partial charge in [-0.3, -0.25) is 4.79 Å². The number of amides is 1. The number of carbonyl (C=O) groups is 2. The second kappa shape index (κ2) is 11.8. The molecule has 1 amide bonds. The van der Waals surface area contributed by atoms with E-state index in [1.807, 2.05) is 18.2 Å². The van der Waals surface area contributed by atoms with E-state index in [9.17, 15) is 4.79 Å². The molecule has 0 unspecified atom stereocenters. The summed E-state index contributed by atoms with van der Waals surface area (Å²) in [5, 5.41) is 0.0386. The monoisotopic (exact) mass is 607 g/mol. The predicted molar refractivity (Wildman–Crippen MR) is 177 cm³/mol. The highest BCUT2D eigenvalue weighted by atomic mass is 28.4. The van der Waals surface area contributed by atoms with Crippen LogP contribution in [-0.2, 0) is 31.3 Å². The lowest BCUT2D eigenvalue weighted by Gasteiger charge is -2.42. The zero-order chi connectivity index (χ0) is 31.1. The van der Waals surface area contributed by atoms with Crippen molar-refractivity contribution < 1.29 is 18.4 Å². The Hall–Kier alpha value is -2.07. The maximum atomic E-state index is 15.1. The van der Waals surface area contributed by atoms with Gasteiger partial charge in [-0.25, -0.2) is 0 Å². The van der Waals surface area contributed by atoms with Crippen LogP contribution in [-0.4, -0.2) is 52.5 Å². The van der Waals surface area contributed by atoms with Gasteiger partial charge in [0.25, 0.3) is 0 Å². The molecule has 7 heteroatoms. The number of hydrogen-bond acceptors (Lipinski definition) is 4. The maximum Gasteiger partial charge on any atom is 0.232 e. The quantitative estimate of drug-likeness (QED) is 0.202. The van der Waals surface area contributed by atoms with Crippen molar-refractivity contribution in [2.75, 3.05) is 6.54 Å². The third-order valence-electron chi connectivity index (χ3n) is 10.7. The van der Waals surface area contributed by atoms with Crippen LogP contribution < -0.4 is 0 Å². The Morgan fingerprint density at radius 1 is 0.881 bits per heavy atom. The molecular weight excluding hydrogens is 555 g/mol. The number of hydrogen-bond donors (Lipinski definition) is 0. The SMILES string of the molecule is CC(C)(C)[Si](C)(C)O[C@@H]1Cc2ccccc2[C@@H]1N1C[C@@H](O[Si](C)(C)C(C)(C)C)[C@](CCC=O)(Cc2ccccc2)C1=O.